The second-order valence-corrected chi connectivity index (χ2v) is 8.78. The molecule has 210 valence electrons. The van der Waals surface area contributed by atoms with Gasteiger partial charge in [0.25, 0.3) is 0 Å². The first-order valence-corrected chi connectivity index (χ1v) is 13.9. The van der Waals surface area contributed by atoms with Crippen molar-refractivity contribution in [2.75, 3.05) is 72.0 Å². The van der Waals surface area contributed by atoms with E-state index >= 15 is 0 Å². The standard InChI is InChI=1S/C10H26N4.C10H12N2.C7H19N3/c11-5-3-9-13-7-1-2-8-14-10-4-6-12;11-6-5-8-7-12-10-4-2-1-3-9(8)10;8-4-1-2-6-10-7-3-5-9/h13-14H,1-12H2;1-4,7,12H,5-6,11H2;10H,1-9H2. The highest BCUT2D eigenvalue weighted by Gasteiger charge is 2.00. The van der Waals surface area contributed by atoms with Gasteiger partial charge in [-0.3, -0.25) is 0 Å². The lowest BCUT2D eigenvalue weighted by Gasteiger charge is -2.04. The zero-order valence-corrected chi connectivity index (χ0v) is 22.7. The Morgan fingerprint density at radius 3 is 1.44 bits per heavy atom. The molecule has 9 nitrogen and oxygen atoms in total. The maximum Gasteiger partial charge on any atom is 0.0456 e. The summed E-state index contributed by atoms with van der Waals surface area (Å²) in [6, 6.07) is 8.29. The van der Waals surface area contributed by atoms with E-state index < -0.39 is 0 Å². The molecule has 2 aromatic rings. The van der Waals surface area contributed by atoms with Gasteiger partial charge in [-0.2, -0.15) is 0 Å². The normalized spacial score (nSPS) is 10.6. The van der Waals surface area contributed by atoms with Gasteiger partial charge in [0.05, 0.1) is 0 Å². The summed E-state index contributed by atoms with van der Waals surface area (Å²) < 4.78 is 0. The summed E-state index contributed by atoms with van der Waals surface area (Å²) in [4.78, 5) is 3.22. The van der Waals surface area contributed by atoms with E-state index in [1.807, 2.05) is 12.3 Å². The number of unbranched alkanes of at least 4 members (excludes halogenated alkanes) is 2. The van der Waals surface area contributed by atoms with Gasteiger partial charge in [0.1, 0.15) is 0 Å². The zero-order valence-electron chi connectivity index (χ0n) is 22.7. The quantitative estimate of drug-likeness (QED) is 0.119. The van der Waals surface area contributed by atoms with Crippen LogP contribution in [0.2, 0.25) is 0 Å². The second-order valence-electron chi connectivity index (χ2n) is 8.78. The Kier molecular flexibility index (Phi) is 26.8. The molecule has 0 radical (unpaired) electrons. The molecule has 2 rings (SSSR count). The van der Waals surface area contributed by atoms with Crippen molar-refractivity contribution in [3.8, 4) is 0 Å². The number of fused-ring (bicyclic) bond motifs is 1. The maximum absolute atomic E-state index is 5.50. The summed E-state index contributed by atoms with van der Waals surface area (Å²) in [5.74, 6) is 0. The van der Waals surface area contributed by atoms with Crippen molar-refractivity contribution >= 4 is 10.9 Å². The highest BCUT2D eigenvalue weighted by Crippen LogP contribution is 2.17. The van der Waals surface area contributed by atoms with Crippen molar-refractivity contribution in [2.24, 2.45) is 28.7 Å². The average Bonchev–Trinajstić information content (AvgIpc) is 3.31. The van der Waals surface area contributed by atoms with Crippen molar-refractivity contribution in [1.82, 2.24) is 20.9 Å². The van der Waals surface area contributed by atoms with Crippen LogP contribution in [0.25, 0.3) is 10.9 Å². The molecule has 0 spiro atoms. The maximum atomic E-state index is 5.50. The predicted molar refractivity (Wildman–Crippen MR) is 158 cm³/mol. The molecule has 1 aromatic carbocycles. The first-order chi connectivity index (χ1) is 17.7. The van der Waals surface area contributed by atoms with Crippen molar-refractivity contribution < 1.29 is 0 Å². The van der Waals surface area contributed by atoms with E-state index in [0.717, 1.165) is 97.6 Å². The van der Waals surface area contributed by atoms with E-state index in [0.29, 0.717) is 6.54 Å². The molecule has 0 fully saturated rings. The van der Waals surface area contributed by atoms with Crippen molar-refractivity contribution in [3.05, 3.63) is 36.0 Å². The van der Waals surface area contributed by atoms with E-state index in [9.17, 15) is 0 Å². The smallest absolute Gasteiger partial charge is 0.0456 e. The van der Waals surface area contributed by atoms with Crippen molar-refractivity contribution in [1.29, 1.82) is 0 Å². The molecule has 1 heterocycles. The molecular weight excluding hydrogens is 450 g/mol. The van der Waals surface area contributed by atoms with E-state index in [1.54, 1.807) is 0 Å². The van der Waals surface area contributed by atoms with Crippen LogP contribution < -0.4 is 44.6 Å². The molecule has 0 aliphatic heterocycles. The molecule has 0 aliphatic carbocycles. The third-order valence-electron chi connectivity index (χ3n) is 5.53. The van der Waals surface area contributed by atoms with E-state index in [1.165, 1.54) is 35.7 Å². The Balaban J connectivity index is 0.000000518. The number of rotatable bonds is 20. The minimum absolute atomic E-state index is 0.710. The van der Waals surface area contributed by atoms with Crippen LogP contribution in [-0.4, -0.2) is 77.0 Å². The number of benzene rings is 1. The fraction of sp³-hybridized carbons (Fsp3) is 0.704. The van der Waals surface area contributed by atoms with Crippen LogP contribution >= 0.6 is 0 Å². The number of aromatic nitrogens is 1. The monoisotopic (exact) mass is 507 g/mol. The molecule has 0 aliphatic rings. The highest BCUT2D eigenvalue weighted by atomic mass is 14.9. The lowest BCUT2D eigenvalue weighted by Crippen LogP contribution is -2.22. The third kappa shape index (κ3) is 20.6. The molecule has 0 unspecified atom stereocenters. The average molecular weight is 508 g/mol. The Labute approximate surface area is 220 Å². The van der Waals surface area contributed by atoms with Crippen LogP contribution in [0, 0.1) is 0 Å². The molecule has 0 amide bonds. The number of hydrogen-bond donors (Lipinski definition) is 9. The highest BCUT2D eigenvalue weighted by molar-refractivity contribution is 5.83. The SMILES string of the molecule is NCCCCNCCCN.NCCCNCCCCNCCCN.NCCc1c[nH]c2ccccc12. The summed E-state index contributed by atoms with van der Waals surface area (Å²) in [6.07, 6.45) is 11.0. The van der Waals surface area contributed by atoms with Gasteiger partial charge in [-0.1, -0.05) is 18.2 Å². The molecule has 0 saturated carbocycles. The van der Waals surface area contributed by atoms with Gasteiger partial charge in [0, 0.05) is 17.1 Å². The fourth-order valence-electron chi connectivity index (χ4n) is 3.44. The summed E-state index contributed by atoms with van der Waals surface area (Å²) >= 11 is 0. The van der Waals surface area contributed by atoms with E-state index in [2.05, 4.69) is 39.1 Å². The number of hydrogen-bond acceptors (Lipinski definition) is 8. The second kappa shape index (κ2) is 28.0. The van der Waals surface area contributed by atoms with Gasteiger partial charge in [0.2, 0.25) is 0 Å². The molecular formula is C27H57N9. The first kappa shape index (κ1) is 34.4. The lowest BCUT2D eigenvalue weighted by molar-refractivity contribution is 0.570. The minimum Gasteiger partial charge on any atom is -0.361 e. The van der Waals surface area contributed by atoms with Crippen LogP contribution in [0.3, 0.4) is 0 Å². The number of nitrogens with two attached hydrogens (primary N) is 5. The van der Waals surface area contributed by atoms with Crippen LogP contribution in [0.1, 0.15) is 50.5 Å². The van der Waals surface area contributed by atoms with Crippen molar-refractivity contribution in [2.45, 2.75) is 51.4 Å². The summed E-state index contributed by atoms with van der Waals surface area (Å²) in [5.41, 5.74) is 29.4. The summed E-state index contributed by atoms with van der Waals surface area (Å²) in [7, 11) is 0. The molecule has 14 N–H and O–H groups in total. The first-order valence-electron chi connectivity index (χ1n) is 13.9. The van der Waals surface area contributed by atoms with E-state index in [-0.39, 0.29) is 0 Å². The van der Waals surface area contributed by atoms with Crippen LogP contribution in [0.15, 0.2) is 30.5 Å². The van der Waals surface area contributed by atoms with Gasteiger partial charge >= 0.3 is 0 Å². The summed E-state index contributed by atoms with van der Waals surface area (Å²) in [6.45, 7) is 10.3. The van der Waals surface area contributed by atoms with Crippen LogP contribution in [0.5, 0.6) is 0 Å². The summed E-state index contributed by atoms with van der Waals surface area (Å²) in [5, 5.41) is 11.3. The minimum atomic E-state index is 0.710. The van der Waals surface area contributed by atoms with E-state index in [4.69, 9.17) is 28.7 Å². The van der Waals surface area contributed by atoms with Gasteiger partial charge in [-0.25, -0.2) is 0 Å². The van der Waals surface area contributed by atoms with Gasteiger partial charge < -0.3 is 49.6 Å². The molecule has 0 saturated heterocycles. The number of aromatic amines is 1. The topological polar surface area (TPSA) is 182 Å². The van der Waals surface area contributed by atoms with Crippen LogP contribution in [-0.2, 0) is 6.42 Å². The van der Waals surface area contributed by atoms with Gasteiger partial charge in [0.15, 0.2) is 0 Å². The Hall–Kier alpha value is -1.56. The number of H-pyrrole nitrogens is 1. The molecule has 36 heavy (non-hydrogen) atoms. The molecule has 0 bridgehead atoms. The van der Waals surface area contributed by atoms with Gasteiger partial charge in [-0.15, -0.1) is 0 Å². The molecule has 9 heteroatoms. The zero-order chi connectivity index (χ0) is 26.5. The number of nitrogens with one attached hydrogen (secondary N) is 4. The van der Waals surface area contributed by atoms with Crippen molar-refractivity contribution in [3.63, 3.8) is 0 Å². The fourth-order valence-corrected chi connectivity index (χ4v) is 3.44. The Morgan fingerprint density at radius 1 is 0.528 bits per heavy atom. The Bertz CT molecular complexity index is 658. The Morgan fingerprint density at radius 2 is 0.972 bits per heavy atom. The number of para-hydroxylation sites is 1. The molecule has 0 atom stereocenters. The molecule has 1 aromatic heterocycles. The van der Waals surface area contributed by atoms with Crippen LogP contribution in [0.4, 0.5) is 0 Å². The predicted octanol–water partition coefficient (Wildman–Crippen LogP) is 0.976. The third-order valence-corrected chi connectivity index (χ3v) is 5.53. The lowest BCUT2D eigenvalue weighted by atomic mass is 10.1. The van der Waals surface area contributed by atoms with Gasteiger partial charge in [-0.05, 0) is 135 Å². The largest absolute Gasteiger partial charge is 0.361 e.